The first-order valence-corrected chi connectivity index (χ1v) is 7.08. The first kappa shape index (κ1) is 14.9. The number of aromatic nitrogens is 2. The third kappa shape index (κ3) is 3.14. The molecule has 0 unspecified atom stereocenters. The fourth-order valence-electron chi connectivity index (χ4n) is 2.31. The molecule has 0 atom stereocenters. The van der Waals surface area contributed by atoms with Crippen LogP contribution in [0.3, 0.4) is 0 Å². The van der Waals surface area contributed by atoms with Crippen molar-refractivity contribution in [3.63, 3.8) is 0 Å². The summed E-state index contributed by atoms with van der Waals surface area (Å²) in [6.45, 7) is 13.5. The summed E-state index contributed by atoms with van der Waals surface area (Å²) in [5.74, 6) is 0.351. The maximum atomic E-state index is 11.9. The minimum Gasteiger partial charge on any atom is -0.444 e. The molecule has 2 rings (SSSR count). The predicted octanol–water partition coefficient (Wildman–Crippen LogP) is 2.97. The molecule has 20 heavy (non-hydrogen) atoms. The number of carbonyl (C=O) groups is 1. The van der Waals surface area contributed by atoms with Crippen molar-refractivity contribution in [3.05, 3.63) is 18.2 Å². The van der Waals surface area contributed by atoms with Gasteiger partial charge in [-0.2, -0.15) is 0 Å². The molecule has 1 saturated heterocycles. The van der Waals surface area contributed by atoms with Gasteiger partial charge in [0, 0.05) is 36.4 Å². The average molecular weight is 279 g/mol. The third-order valence-corrected chi connectivity index (χ3v) is 3.34. The van der Waals surface area contributed by atoms with Crippen LogP contribution in [0.1, 0.15) is 53.2 Å². The Balaban J connectivity index is 1.98. The summed E-state index contributed by atoms with van der Waals surface area (Å²) in [5, 5.41) is 0. The molecular weight excluding hydrogens is 254 g/mol. The molecule has 1 aromatic heterocycles. The van der Waals surface area contributed by atoms with Crippen molar-refractivity contribution in [3.8, 4) is 0 Å². The average Bonchev–Trinajstić information content (AvgIpc) is 2.59. The van der Waals surface area contributed by atoms with Gasteiger partial charge in [-0.3, -0.25) is 0 Å². The van der Waals surface area contributed by atoms with Crippen LogP contribution in [0, 0.1) is 0 Å². The molecule has 0 saturated carbocycles. The van der Waals surface area contributed by atoms with E-state index in [4.69, 9.17) is 4.74 Å². The van der Waals surface area contributed by atoms with E-state index in [0.29, 0.717) is 19.0 Å². The summed E-state index contributed by atoms with van der Waals surface area (Å²) >= 11 is 0. The van der Waals surface area contributed by atoms with E-state index in [-0.39, 0.29) is 11.6 Å². The molecule has 1 aromatic rings. The van der Waals surface area contributed by atoms with Crippen LogP contribution in [0.25, 0.3) is 0 Å². The Morgan fingerprint density at radius 2 is 1.85 bits per heavy atom. The van der Waals surface area contributed by atoms with Crippen LogP contribution >= 0.6 is 0 Å². The fourth-order valence-corrected chi connectivity index (χ4v) is 2.31. The second-order valence-electron chi connectivity index (χ2n) is 7.44. The number of amides is 1. The summed E-state index contributed by atoms with van der Waals surface area (Å²) in [6, 6.07) is 0. The summed E-state index contributed by atoms with van der Waals surface area (Å²) in [6.07, 6.45) is 3.55. The van der Waals surface area contributed by atoms with Gasteiger partial charge in [-0.05, 0) is 41.5 Å². The Hall–Kier alpha value is -1.52. The van der Waals surface area contributed by atoms with Crippen molar-refractivity contribution in [1.29, 1.82) is 0 Å². The van der Waals surface area contributed by atoms with Crippen LogP contribution in [0.15, 0.2) is 12.5 Å². The third-order valence-electron chi connectivity index (χ3n) is 3.34. The topological polar surface area (TPSA) is 47.4 Å². The number of carbonyl (C=O) groups excluding carboxylic acids is 1. The molecule has 1 aliphatic rings. The second kappa shape index (κ2) is 4.79. The highest BCUT2D eigenvalue weighted by Crippen LogP contribution is 2.31. The number of imidazole rings is 1. The molecule has 0 N–H and O–H groups in total. The van der Waals surface area contributed by atoms with Crippen LogP contribution in [0.2, 0.25) is 0 Å². The smallest absolute Gasteiger partial charge is 0.410 e. The Kier molecular flexibility index (Phi) is 3.56. The van der Waals surface area contributed by atoms with E-state index in [0.717, 1.165) is 0 Å². The Labute approximate surface area is 120 Å². The van der Waals surface area contributed by atoms with E-state index >= 15 is 0 Å². The van der Waals surface area contributed by atoms with E-state index in [9.17, 15) is 4.79 Å². The van der Waals surface area contributed by atoms with Gasteiger partial charge in [0.05, 0.1) is 6.33 Å². The minimum atomic E-state index is -0.435. The number of hydrogen-bond acceptors (Lipinski definition) is 3. The first-order chi connectivity index (χ1) is 9.08. The molecule has 0 spiro atoms. The van der Waals surface area contributed by atoms with Crippen molar-refractivity contribution in [1.82, 2.24) is 14.5 Å². The lowest BCUT2D eigenvalue weighted by Gasteiger charge is -2.41. The van der Waals surface area contributed by atoms with Crippen LogP contribution in [-0.2, 0) is 10.3 Å². The van der Waals surface area contributed by atoms with Crippen LogP contribution in [-0.4, -0.2) is 39.2 Å². The molecule has 5 nitrogen and oxygen atoms in total. The molecular formula is C15H25N3O2. The zero-order valence-electron chi connectivity index (χ0n) is 13.3. The fraction of sp³-hybridized carbons (Fsp3) is 0.733. The van der Waals surface area contributed by atoms with Gasteiger partial charge in [-0.25, -0.2) is 9.78 Å². The highest BCUT2D eigenvalue weighted by atomic mass is 16.6. The quantitative estimate of drug-likeness (QED) is 0.794. The van der Waals surface area contributed by atoms with E-state index in [1.54, 1.807) is 4.90 Å². The van der Waals surface area contributed by atoms with Gasteiger partial charge >= 0.3 is 6.09 Å². The lowest BCUT2D eigenvalue weighted by molar-refractivity contribution is 0.00737. The molecule has 0 bridgehead atoms. The monoisotopic (exact) mass is 279 g/mol. The largest absolute Gasteiger partial charge is 0.444 e. The lowest BCUT2D eigenvalue weighted by atomic mass is 9.95. The Morgan fingerprint density at radius 1 is 1.25 bits per heavy atom. The van der Waals surface area contributed by atoms with Gasteiger partial charge in [-0.15, -0.1) is 0 Å². The van der Waals surface area contributed by atoms with Gasteiger partial charge in [0.2, 0.25) is 0 Å². The zero-order chi connectivity index (χ0) is 15.1. The van der Waals surface area contributed by atoms with Crippen molar-refractivity contribution in [2.24, 2.45) is 0 Å². The van der Waals surface area contributed by atoms with Crippen molar-refractivity contribution >= 4 is 6.09 Å². The Bertz CT molecular complexity index is 488. The first-order valence-electron chi connectivity index (χ1n) is 7.08. The van der Waals surface area contributed by atoms with Gasteiger partial charge < -0.3 is 14.2 Å². The second-order valence-corrected chi connectivity index (χ2v) is 7.44. The predicted molar refractivity (Wildman–Crippen MR) is 77.8 cm³/mol. The number of hydrogen-bond donors (Lipinski definition) is 0. The number of likely N-dealkylation sites (tertiary alicyclic amines) is 1. The molecule has 1 aliphatic heterocycles. The molecule has 1 fully saturated rings. The highest BCUT2D eigenvalue weighted by molar-refractivity contribution is 5.69. The van der Waals surface area contributed by atoms with Crippen LogP contribution < -0.4 is 0 Å². The summed E-state index contributed by atoms with van der Waals surface area (Å²) in [5.41, 5.74) is 0.769. The summed E-state index contributed by atoms with van der Waals surface area (Å²) in [7, 11) is 0. The van der Waals surface area contributed by atoms with Gasteiger partial charge in [-0.1, -0.05) is 0 Å². The normalized spacial score (nSPS) is 17.0. The highest BCUT2D eigenvalue weighted by Gasteiger charge is 2.37. The van der Waals surface area contributed by atoms with Gasteiger partial charge in [0.15, 0.2) is 0 Å². The molecule has 112 valence electrons. The SMILES string of the molecule is CC(C)(C)OC(=O)N1CC(c2cncn2C(C)(C)C)C1. The van der Waals surface area contributed by atoms with E-state index < -0.39 is 5.60 Å². The summed E-state index contributed by atoms with van der Waals surface area (Å²) in [4.78, 5) is 17.9. The summed E-state index contributed by atoms with van der Waals surface area (Å²) < 4.78 is 7.55. The minimum absolute atomic E-state index is 0.0121. The van der Waals surface area contributed by atoms with E-state index in [1.807, 2.05) is 33.3 Å². The zero-order valence-corrected chi connectivity index (χ0v) is 13.3. The van der Waals surface area contributed by atoms with Gasteiger partial charge in [0.25, 0.3) is 0 Å². The van der Waals surface area contributed by atoms with E-state index in [1.165, 1.54) is 5.69 Å². The Morgan fingerprint density at radius 3 is 2.35 bits per heavy atom. The molecule has 0 radical (unpaired) electrons. The van der Waals surface area contributed by atoms with Crippen molar-refractivity contribution in [2.75, 3.05) is 13.1 Å². The van der Waals surface area contributed by atoms with Crippen molar-refractivity contribution < 1.29 is 9.53 Å². The van der Waals surface area contributed by atoms with Crippen molar-refractivity contribution in [2.45, 2.75) is 58.6 Å². The molecule has 5 heteroatoms. The van der Waals surface area contributed by atoms with E-state index in [2.05, 4.69) is 30.3 Å². The standard InChI is InChI=1S/C15H25N3O2/c1-14(2,3)18-10-16-7-12(18)11-8-17(9-11)13(19)20-15(4,5)6/h7,10-11H,8-9H2,1-6H3. The number of nitrogens with zero attached hydrogens (tertiary/aromatic N) is 3. The number of ether oxygens (including phenoxy) is 1. The maximum absolute atomic E-state index is 11.9. The van der Waals surface area contributed by atoms with Gasteiger partial charge in [0.1, 0.15) is 5.60 Å². The maximum Gasteiger partial charge on any atom is 0.410 e. The van der Waals surface area contributed by atoms with Crippen LogP contribution in [0.5, 0.6) is 0 Å². The lowest BCUT2D eigenvalue weighted by Crippen LogP contribution is -2.51. The number of rotatable bonds is 1. The van der Waals surface area contributed by atoms with Crippen LogP contribution in [0.4, 0.5) is 4.79 Å². The molecule has 0 aliphatic carbocycles. The molecule has 0 aromatic carbocycles. The molecule has 2 heterocycles. The molecule has 1 amide bonds.